The molecular formula is C29H35NO4S. The van der Waals surface area contributed by atoms with E-state index in [2.05, 4.69) is 54.7 Å². The van der Waals surface area contributed by atoms with Crippen molar-refractivity contribution in [1.82, 2.24) is 5.32 Å². The molecule has 3 rings (SSSR count). The van der Waals surface area contributed by atoms with E-state index in [1.807, 2.05) is 30.5 Å². The van der Waals surface area contributed by atoms with Crippen molar-refractivity contribution < 1.29 is 19.4 Å². The van der Waals surface area contributed by atoms with E-state index >= 15 is 0 Å². The van der Waals surface area contributed by atoms with Crippen LogP contribution in [0, 0.1) is 6.92 Å². The van der Waals surface area contributed by atoms with Crippen LogP contribution in [0.3, 0.4) is 0 Å². The van der Waals surface area contributed by atoms with E-state index in [9.17, 15) is 9.90 Å². The number of methoxy groups -OCH3 is 1. The van der Waals surface area contributed by atoms with Gasteiger partial charge in [0.25, 0.3) is 0 Å². The zero-order valence-corrected chi connectivity index (χ0v) is 21.6. The molecule has 0 aliphatic carbocycles. The van der Waals surface area contributed by atoms with Gasteiger partial charge in [0, 0.05) is 6.54 Å². The van der Waals surface area contributed by atoms with Crippen LogP contribution in [-0.2, 0) is 29.1 Å². The smallest absolute Gasteiger partial charge is 0.320 e. The molecule has 0 heterocycles. The maximum atomic E-state index is 11.7. The molecule has 0 unspecified atom stereocenters. The summed E-state index contributed by atoms with van der Waals surface area (Å²) in [6.45, 7) is 3.75. The van der Waals surface area contributed by atoms with E-state index in [0.717, 1.165) is 40.2 Å². The Kier molecular flexibility index (Phi) is 10.7. The van der Waals surface area contributed by atoms with Gasteiger partial charge in [-0.3, -0.25) is 4.79 Å². The maximum absolute atomic E-state index is 11.7. The Bertz CT molecular complexity index is 1080. The van der Waals surface area contributed by atoms with Crippen LogP contribution in [0.1, 0.15) is 28.7 Å². The van der Waals surface area contributed by atoms with Gasteiger partial charge < -0.3 is 19.9 Å². The highest BCUT2D eigenvalue weighted by atomic mass is 32.2. The molecule has 1 atom stereocenters. The molecule has 0 spiro atoms. The number of ether oxygens (including phenoxy) is 2. The molecule has 0 radical (unpaired) electrons. The molecule has 6 heteroatoms. The third-order valence-corrected chi connectivity index (χ3v) is 6.66. The maximum Gasteiger partial charge on any atom is 0.320 e. The van der Waals surface area contributed by atoms with Gasteiger partial charge in [-0.05, 0) is 83.4 Å². The first-order chi connectivity index (χ1) is 17.0. The van der Waals surface area contributed by atoms with Crippen LogP contribution in [0.5, 0.6) is 5.75 Å². The second kappa shape index (κ2) is 13.9. The Morgan fingerprint density at radius 3 is 2.46 bits per heavy atom. The Balaban J connectivity index is 1.69. The van der Waals surface area contributed by atoms with Crippen LogP contribution >= 0.6 is 11.8 Å². The average molecular weight is 494 g/mol. The first-order valence-electron chi connectivity index (χ1n) is 11.9. The fourth-order valence-corrected chi connectivity index (χ4v) is 4.42. The fourth-order valence-electron chi connectivity index (χ4n) is 3.95. The van der Waals surface area contributed by atoms with Crippen molar-refractivity contribution in [2.24, 2.45) is 0 Å². The molecule has 0 saturated heterocycles. The normalized spacial score (nSPS) is 11.9. The average Bonchev–Trinajstić information content (AvgIpc) is 2.87. The van der Waals surface area contributed by atoms with Gasteiger partial charge in [0.15, 0.2) is 0 Å². The minimum absolute atomic E-state index is 0.494. The Labute approximate surface area is 212 Å². The van der Waals surface area contributed by atoms with Gasteiger partial charge in [0.2, 0.25) is 0 Å². The van der Waals surface area contributed by atoms with Crippen LogP contribution < -0.4 is 10.1 Å². The molecule has 3 aromatic carbocycles. The van der Waals surface area contributed by atoms with Crippen molar-refractivity contribution >= 4 is 17.7 Å². The van der Waals surface area contributed by atoms with Crippen LogP contribution in [0.15, 0.2) is 66.7 Å². The summed E-state index contributed by atoms with van der Waals surface area (Å²) >= 11 is 1.66. The fraction of sp³-hybridized carbons (Fsp3) is 0.345. The molecule has 0 amide bonds. The molecule has 0 bridgehead atoms. The molecule has 0 aliphatic rings. The van der Waals surface area contributed by atoms with Gasteiger partial charge in [0.1, 0.15) is 11.8 Å². The molecular weight excluding hydrogens is 458 g/mol. The summed E-state index contributed by atoms with van der Waals surface area (Å²) in [5.41, 5.74) is 6.84. The van der Waals surface area contributed by atoms with Crippen molar-refractivity contribution in [2.75, 3.05) is 25.7 Å². The van der Waals surface area contributed by atoms with Crippen molar-refractivity contribution in [1.29, 1.82) is 0 Å². The first-order valence-corrected chi connectivity index (χ1v) is 13.2. The summed E-state index contributed by atoms with van der Waals surface area (Å²) in [5, 5.41) is 12.8. The van der Waals surface area contributed by atoms with Crippen LogP contribution in [0.2, 0.25) is 0 Å². The lowest BCUT2D eigenvalue weighted by atomic mass is 9.94. The summed E-state index contributed by atoms with van der Waals surface area (Å²) < 4.78 is 11.2. The summed E-state index contributed by atoms with van der Waals surface area (Å²) in [5.74, 6) is 0.854. The minimum atomic E-state index is -0.807. The highest BCUT2D eigenvalue weighted by molar-refractivity contribution is 7.98. The van der Waals surface area contributed by atoms with E-state index in [4.69, 9.17) is 9.47 Å². The standard InChI is InChI=1S/C29H35NO4S/c1-21-6-4-5-7-26(21)27-18-23(20-34-16-14-22-9-12-25(33-2)13-10-22)8-11-24(27)19-30-28(29(31)32)15-17-35-3/h4-13,18,28,30H,14-17,19-20H2,1-3H3,(H,31,32)/t28-/m0/s1. The van der Waals surface area contributed by atoms with E-state index in [0.29, 0.717) is 26.2 Å². The monoisotopic (exact) mass is 493 g/mol. The van der Waals surface area contributed by atoms with Gasteiger partial charge in [-0.2, -0.15) is 11.8 Å². The van der Waals surface area contributed by atoms with Crippen molar-refractivity contribution in [3.8, 4) is 16.9 Å². The van der Waals surface area contributed by atoms with Crippen LogP contribution in [0.4, 0.5) is 0 Å². The molecule has 3 aromatic rings. The van der Waals surface area contributed by atoms with Gasteiger partial charge in [-0.15, -0.1) is 0 Å². The molecule has 186 valence electrons. The van der Waals surface area contributed by atoms with Crippen LogP contribution in [-0.4, -0.2) is 42.8 Å². The second-order valence-corrected chi connectivity index (χ2v) is 9.50. The largest absolute Gasteiger partial charge is 0.497 e. The number of carbonyl (C=O) groups is 1. The number of hydrogen-bond donors (Lipinski definition) is 2. The third-order valence-electron chi connectivity index (χ3n) is 6.02. The van der Waals surface area contributed by atoms with Crippen molar-refractivity contribution in [3.63, 3.8) is 0 Å². The van der Waals surface area contributed by atoms with Gasteiger partial charge in [-0.1, -0.05) is 48.5 Å². The number of hydrogen-bond acceptors (Lipinski definition) is 5. The first kappa shape index (κ1) is 26.8. The Morgan fingerprint density at radius 1 is 1.03 bits per heavy atom. The highest BCUT2D eigenvalue weighted by Crippen LogP contribution is 2.28. The Morgan fingerprint density at radius 2 is 1.77 bits per heavy atom. The number of aryl methyl sites for hydroxylation is 1. The number of carboxylic acids is 1. The SMILES string of the molecule is COc1ccc(CCOCc2ccc(CN[C@@H](CCSC)C(=O)O)c(-c3ccccc3C)c2)cc1. The van der Waals surface area contributed by atoms with E-state index in [1.54, 1.807) is 18.9 Å². The highest BCUT2D eigenvalue weighted by Gasteiger charge is 2.17. The predicted octanol–water partition coefficient (Wildman–Crippen LogP) is 5.73. The van der Waals surface area contributed by atoms with Gasteiger partial charge in [-0.25, -0.2) is 0 Å². The number of thioether (sulfide) groups is 1. The van der Waals surface area contributed by atoms with E-state index < -0.39 is 12.0 Å². The summed E-state index contributed by atoms with van der Waals surface area (Å²) in [6.07, 6.45) is 3.42. The summed E-state index contributed by atoms with van der Waals surface area (Å²) in [7, 11) is 1.67. The quantitative estimate of drug-likeness (QED) is 0.280. The zero-order valence-electron chi connectivity index (χ0n) is 20.8. The summed E-state index contributed by atoms with van der Waals surface area (Å²) in [4.78, 5) is 11.7. The Hall–Kier alpha value is -2.80. The minimum Gasteiger partial charge on any atom is -0.497 e. The summed E-state index contributed by atoms with van der Waals surface area (Å²) in [6, 6.07) is 22.1. The van der Waals surface area contributed by atoms with Crippen LogP contribution in [0.25, 0.3) is 11.1 Å². The lowest BCUT2D eigenvalue weighted by Gasteiger charge is -2.18. The zero-order chi connectivity index (χ0) is 25.0. The molecule has 0 fully saturated rings. The van der Waals surface area contributed by atoms with Crippen molar-refractivity contribution in [2.45, 2.75) is 39.0 Å². The molecule has 35 heavy (non-hydrogen) atoms. The number of rotatable bonds is 14. The van der Waals surface area contributed by atoms with Gasteiger partial charge in [0.05, 0.1) is 20.3 Å². The number of carboxylic acid groups (broad SMARTS) is 1. The molecule has 0 saturated carbocycles. The lowest BCUT2D eigenvalue weighted by molar-refractivity contribution is -0.139. The molecule has 2 N–H and O–H groups in total. The van der Waals surface area contributed by atoms with E-state index in [-0.39, 0.29) is 0 Å². The number of benzene rings is 3. The van der Waals surface area contributed by atoms with E-state index in [1.165, 1.54) is 11.1 Å². The predicted molar refractivity (Wildman–Crippen MR) is 144 cm³/mol. The number of nitrogens with one attached hydrogen (secondary N) is 1. The molecule has 0 aliphatic heterocycles. The lowest BCUT2D eigenvalue weighted by Crippen LogP contribution is -2.36. The second-order valence-electron chi connectivity index (χ2n) is 8.51. The molecule has 5 nitrogen and oxygen atoms in total. The number of aliphatic carboxylic acids is 1. The third kappa shape index (κ3) is 8.13. The van der Waals surface area contributed by atoms with Gasteiger partial charge >= 0.3 is 5.97 Å². The molecule has 0 aromatic heterocycles. The topological polar surface area (TPSA) is 67.8 Å². The van der Waals surface area contributed by atoms with Crippen molar-refractivity contribution in [3.05, 3.63) is 89.0 Å².